The molecule has 14 heavy (non-hydrogen) atoms. The number of nitrogens with two attached hydrogens (primary N) is 1. The topological polar surface area (TPSA) is 113 Å². The fourth-order valence-corrected chi connectivity index (χ4v) is 1.17. The molecule has 3 amide bonds. The zero-order chi connectivity index (χ0) is 10.6. The second-order valence-corrected chi connectivity index (χ2v) is 2.99. The molecule has 0 spiro atoms. The number of rotatable bonds is 1. The fourth-order valence-electron chi connectivity index (χ4n) is 1.17. The summed E-state index contributed by atoms with van der Waals surface area (Å²) in [5.74, 6) is 3.06. The lowest BCUT2D eigenvalue weighted by atomic mass is 10.1. The zero-order valence-corrected chi connectivity index (χ0v) is 7.50. The molecule has 5 N–H and O–H groups in total. The first kappa shape index (κ1) is 10.5. The van der Waals surface area contributed by atoms with Crippen molar-refractivity contribution in [2.45, 2.75) is 18.9 Å². The monoisotopic (exact) mass is 200 g/mol. The van der Waals surface area contributed by atoms with Gasteiger partial charge in [-0.1, -0.05) is 0 Å². The van der Waals surface area contributed by atoms with Gasteiger partial charge in [-0.25, -0.2) is 5.84 Å². The lowest BCUT2D eigenvalue weighted by Gasteiger charge is -2.22. The first-order valence-electron chi connectivity index (χ1n) is 4.21. The van der Waals surface area contributed by atoms with Crippen molar-refractivity contribution in [3.8, 4) is 0 Å². The summed E-state index contributed by atoms with van der Waals surface area (Å²) in [7, 11) is 0. The summed E-state index contributed by atoms with van der Waals surface area (Å²) < 4.78 is 0. The van der Waals surface area contributed by atoms with Gasteiger partial charge >= 0.3 is 11.8 Å². The third-order valence-electron chi connectivity index (χ3n) is 1.94. The average Bonchev–Trinajstić information content (AvgIpc) is 2.20. The van der Waals surface area contributed by atoms with Crippen molar-refractivity contribution in [1.82, 2.24) is 16.1 Å². The molecule has 1 atom stereocenters. The van der Waals surface area contributed by atoms with E-state index in [1.807, 2.05) is 0 Å². The summed E-state index contributed by atoms with van der Waals surface area (Å²) >= 11 is 0. The van der Waals surface area contributed by atoms with E-state index in [0.717, 1.165) is 0 Å². The van der Waals surface area contributed by atoms with Crippen molar-refractivity contribution in [2.24, 2.45) is 5.84 Å². The Bertz CT molecular complexity index is 256. The lowest BCUT2D eigenvalue weighted by molar-refractivity contribution is -0.139. The summed E-state index contributed by atoms with van der Waals surface area (Å²) in [4.78, 5) is 32.5. The molecule has 1 fully saturated rings. The van der Waals surface area contributed by atoms with Crippen LogP contribution in [-0.2, 0) is 14.4 Å². The number of carbonyl (C=O) groups is 3. The summed E-state index contributed by atoms with van der Waals surface area (Å²) in [6.45, 7) is 0.350. The highest BCUT2D eigenvalue weighted by atomic mass is 16.2. The number of carbonyl (C=O) groups excluding carboxylic acids is 3. The van der Waals surface area contributed by atoms with Crippen molar-refractivity contribution in [3.63, 3.8) is 0 Å². The Morgan fingerprint density at radius 1 is 1.43 bits per heavy atom. The van der Waals surface area contributed by atoms with Gasteiger partial charge in [-0.05, 0) is 6.42 Å². The Hall–Kier alpha value is -1.63. The quantitative estimate of drug-likeness (QED) is 0.160. The Kier molecular flexibility index (Phi) is 3.41. The Morgan fingerprint density at radius 3 is 2.64 bits per heavy atom. The molecule has 1 heterocycles. The van der Waals surface area contributed by atoms with E-state index in [4.69, 9.17) is 5.84 Å². The van der Waals surface area contributed by atoms with Gasteiger partial charge in [0.15, 0.2) is 0 Å². The van der Waals surface area contributed by atoms with Gasteiger partial charge < -0.3 is 10.6 Å². The van der Waals surface area contributed by atoms with E-state index < -0.39 is 11.8 Å². The Morgan fingerprint density at radius 2 is 2.14 bits per heavy atom. The number of hydrazine groups is 1. The van der Waals surface area contributed by atoms with Crippen LogP contribution in [0.4, 0.5) is 0 Å². The summed E-state index contributed by atoms with van der Waals surface area (Å²) in [6, 6.07) is -0.197. The third-order valence-corrected chi connectivity index (χ3v) is 1.94. The number of hydrogen-bond donors (Lipinski definition) is 4. The van der Waals surface area contributed by atoms with E-state index >= 15 is 0 Å². The predicted octanol–water partition coefficient (Wildman–Crippen LogP) is -2.63. The second-order valence-electron chi connectivity index (χ2n) is 2.99. The zero-order valence-electron chi connectivity index (χ0n) is 7.50. The molecule has 7 heteroatoms. The first-order chi connectivity index (χ1) is 6.63. The second kappa shape index (κ2) is 4.56. The summed E-state index contributed by atoms with van der Waals surface area (Å²) in [6.07, 6.45) is 0.893. The van der Waals surface area contributed by atoms with E-state index in [9.17, 15) is 14.4 Å². The molecule has 1 rings (SSSR count). The van der Waals surface area contributed by atoms with Crippen molar-refractivity contribution < 1.29 is 14.4 Å². The Balaban J connectivity index is 2.34. The van der Waals surface area contributed by atoms with Crippen molar-refractivity contribution in [3.05, 3.63) is 0 Å². The minimum Gasteiger partial charge on any atom is -0.354 e. The van der Waals surface area contributed by atoms with Crippen LogP contribution >= 0.6 is 0 Å². The van der Waals surface area contributed by atoms with Gasteiger partial charge in [0.25, 0.3) is 0 Å². The molecular weight excluding hydrogens is 188 g/mol. The molecule has 7 nitrogen and oxygen atoms in total. The first-order valence-corrected chi connectivity index (χ1v) is 4.21. The lowest BCUT2D eigenvalue weighted by Crippen LogP contribution is -2.52. The van der Waals surface area contributed by atoms with Crippen molar-refractivity contribution in [1.29, 1.82) is 0 Å². The summed E-state index contributed by atoms with van der Waals surface area (Å²) in [5, 5.41) is 5.02. The van der Waals surface area contributed by atoms with Gasteiger partial charge in [0, 0.05) is 19.0 Å². The summed E-state index contributed by atoms with van der Waals surface area (Å²) in [5.41, 5.74) is 1.72. The SMILES string of the molecule is NNC(=O)C(=O)NC1CCC(=O)NC1. The van der Waals surface area contributed by atoms with Gasteiger partial charge in [0.05, 0.1) is 0 Å². The van der Waals surface area contributed by atoms with Crippen LogP contribution < -0.4 is 21.9 Å². The molecule has 1 aliphatic rings. The van der Waals surface area contributed by atoms with Crippen LogP contribution in [0.2, 0.25) is 0 Å². The van der Waals surface area contributed by atoms with Crippen LogP contribution in [0.5, 0.6) is 0 Å². The van der Waals surface area contributed by atoms with Crippen LogP contribution in [0, 0.1) is 0 Å². The maximum atomic E-state index is 11.0. The van der Waals surface area contributed by atoms with Crippen LogP contribution in [0.3, 0.4) is 0 Å². The normalized spacial score (nSPS) is 20.9. The number of amides is 3. The van der Waals surface area contributed by atoms with Crippen LogP contribution in [0.25, 0.3) is 0 Å². The Labute approximate surface area is 80.4 Å². The van der Waals surface area contributed by atoms with Crippen LogP contribution in [-0.4, -0.2) is 30.3 Å². The van der Waals surface area contributed by atoms with Gasteiger partial charge in [0.2, 0.25) is 5.91 Å². The van der Waals surface area contributed by atoms with Gasteiger partial charge in [0.1, 0.15) is 0 Å². The van der Waals surface area contributed by atoms with Gasteiger partial charge in [-0.15, -0.1) is 0 Å². The fraction of sp³-hybridized carbons (Fsp3) is 0.571. The van der Waals surface area contributed by atoms with Crippen molar-refractivity contribution in [2.75, 3.05) is 6.54 Å². The maximum Gasteiger partial charge on any atom is 0.323 e. The highest BCUT2D eigenvalue weighted by Gasteiger charge is 2.22. The average molecular weight is 200 g/mol. The molecule has 0 aliphatic carbocycles. The molecule has 0 aromatic heterocycles. The molecule has 0 bridgehead atoms. The van der Waals surface area contributed by atoms with E-state index in [2.05, 4.69) is 10.6 Å². The smallest absolute Gasteiger partial charge is 0.323 e. The molecule has 0 radical (unpaired) electrons. The van der Waals surface area contributed by atoms with Crippen molar-refractivity contribution >= 4 is 17.7 Å². The van der Waals surface area contributed by atoms with E-state index in [1.54, 1.807) is 5.43 Å². The number of hydrogen-bond acceptors (Lipinski definition) is 4. The molecule has 1 unspecified atom stereocenters. The van der Waals surface area contributed by atoms with E-state index in [0.29, 0.717) is 19.4 Å². The third kappa shape index (κ3) is 2.70. The van der Waals surface area contributed by atoms with E-state index in [-0.39, 0.29) is 11.9 Å². The predicted molar refractivity (Wildman–Crippen MR) is 46.5 cm³/mol. The molecule has 1 aliphatic heterocycles. The highest BCUT2D eigenvalue weighted by molar-refractivity contribution is 6.34. The van der Waals surface area contributed by atoms with E-state index in [1.165, 1.54) is 0 Å². The molecular formula is C7H12N4O3. The largest absolute Gasteiger partial charge is 0.354 e. The molecule has 78 valence electrons. The number of piperidine rings is 1. The minimum absolute atomic E-state index is 0.0428. The van der Waals surface area contributed by atoms with Crippen LogP contribution in [0.15, 0.2) is 0 Å². The highest BCUT2D eigenvalue weighted by Crippen LogP contribution is 2.01. The standard InChI is InChI=1S/C7H12N4O3/c8-11-7(14)6(13)10-4-1-2-5(12)9-3-4/h4H,1-3,8H2,(H,9,12)(H,10,13)(H,11,14). The van der Waals surface area contributed by atoms with Gasteiger partial charge in [-0.2, -0.15) is 0 Å². The molecule has 0 aromatic carbocycles. The van der Waals surface area contributed by atoms with Crippen LogP contribution in [0.1, 0.15) is 12.8 Å². The maximum absolute atomic E-state index is 11.0. The molecule has 0 aromatic rings. The molecule has 1 saturated heterocycles. The molecule has 0 saturated carbocycles. The minimum atomic E-state index is -0.887. The van der Waals surface area contributed by atoms with Gasteiger partial charge in [-0.3, -0.25) is 19.8 Å². The number of nitrogens with one attached hydrogen (secondary N) is 3.